The average molecular weight is 382 g/mol. The minimum atomic E-state index is -0.507. The minimum absolute atomic E-state index is 0.250. The monoisotopic (exact) mass is 382 g/mol. The Bertz CT molecular complexity index is 1010. The fourth-order valence-electron chi connectivity index (χ4n) is 2.27. The van der Waals surface area contributed by atoms with Crippen molar-refractivity contribution < 1.29 is 9.18 Å². The summed E-state index contributed by atoms with van der Waals surface area (Å²) in [4.78, 5) is 12.4. The maximum atomic E-state index is 13.4. The number of nitrogen functional groups attached to an aromatic ring is 1. The van der Waals surface area contributed by atoms with E-state index < -0.39 is 11.1 Å². The van der Waals surface area contributed by atoms with Gasteiger partial charge in [0.25, 0.3) is 0 Å². The summed E-state index contributed by atoms with van der Waals surface area (Å²) in [6.45, 7) is 1.71. The van der Waals surface area contributed by atoms with Crippen LogP contribution in [-0.2, 0) is 4.79 Å². The number of nitrogens with zero attached hydrogens (tertiary/aromatic N) is 4. The van der Waals surface area contributed by atoms with Crippen LogP contribution in [0.2, 0.25) is 0 Å². The second-order valence-corrected chi connectivity index (χ2v) is 6.93. The number of nitrogens with two attached hydrogens (primary N) is 1. The van der Waals surface area contributed by atoms with Gasteiger partial charge in [0.1, 0.15) is 5.82 Å². The second-order valence-electron chi connectivity index (χ2n) is 5.63. The maximum Gasteiger partial charge on any atom is 0.237 e. The Labute approximate surface area is 159 Å². The third-order valence-electron chi connectivity index (χ3n) is 3.68. The molecule has 9 heteroatoms. The summed E-state index contributed by atoms with van der Waals surface area (Å²) in [5.74, 6) is 5.65. The number of anilines is 1. The number of thioether (sulfide) groups is 1. The number of hydrogen-bond acceptors (Lipinski definition) is 6. The van der Waals surface area contributed by atoms with Gasteiger partial charge in [0.15, 0.2) is 5.82 Å². The first-order valence-corrected chi connectivity index (χ1v) is 8.80. The third kappa shape index (κ3) is 4.24. The number of nitriles is 1. The summed E-state index contributed by atoms with van der Waals surface area (Å²) in [7, 11) is 0. The van der Waals surface area contributed by atoms with Crippen molar-refractivity contribution in [1.82, 2.24) is 14.9 Å². The molecular weight excluding hydrogens is 367 g/mol. The van der Waals surface area contributed by atoms with Gasteiger partial charge in [-0.2, -0.15) is 5.26 Å². The zero-order valence-corrected chi connectivity index (χ0v) is 15.1. The summed E-state index contributed by atoms with van der Waals surface area (Å²) in [6, 6.07) is 14.4. The van der Waals surface area contributed by atoms with Crippen LogP contribution in [0, 0.1) is 17.1 Å². The number of carbonyl (C=O) groups is 1. The highest BCUT2D eigenvalue weighted by atomic mass is 32.2. The predicted molar refractivity (Wildman–Crippen MR) is 101 cm³/mol. The number of hydrogen-bond donors (Lipinski definition) is 2. The van der Waals surface area contributed by atoms with E-state index in [4.69, 9.17) is 11.1 Å². The molecule has 0 fully saturated rings. The van der Waals surface area contributed by atoms with Gasteiger partial charge in [-0.25, -0.2) is 9.07 Å². The van der Waals surface area contributed by atoms with E-state index in [2.05, 4.69) is 15.5 Å². The van der Waals surface area contributed by atoms with Crippen molar-refractivity contribution in [3.8, 4) is 17.5 Å². The van der Waals surface area contributed by atoms with Crippen LogP contribution >= 0.6 is 11.8 Å². The average Bonchev–Trinajstić information content (AvgIpc) is 3.02. The Hall–Kier alpha value is -3.38. The largest absolute Gasteiger partial charge is 0.335 e. The Morgan fingerprint density at radius 2 is 2.04 bits per heavy atom. The van der Waals surface area contributed by atoms with E-state index in [1.807, 2.05) is 6.07 Å². The molecule has 3 aromatic rings. The highest BCUT2D eigenvalue weighted by molar-refractivity contribution is 8.00. The van der Waals surface area contributed by atoms with Gasteiger partial charge < -0.3 is 11.2 Å². The van der Waals surface area contributed by atoms with E-state index in [1.165, 1.54) is 16.8 Å². The lowest BCUT2D eigenvalue weighted by atomic mass is 10.2. The highest BCUT2D eigenvalue weighted by Gasteiger charge is 2.20. The van der Waals surface area contributed by atoms with Crippen molar-refractivity contribution in [2.45, 2.75) is 17.3 Å². The van der Waals surface area contributed by atoms with E-state index in [-0.39, 0.29) is 5.91 Å². The zero-order chi connectivity index (χ0) is 19.4. The number of amides is 1. The van der Waals surface area contributed by atoms with Crippen LogP contribution in [0.5, 0.6) is 0 Å². The van der Waals surface area contributed by atoms with Crippen LogP contribution in [0.4, 0.5) is 10.1 Å². The molecule has 3 N–H and O–H groups in total. The molecule has 0 unspecified atom stereocenters. The summed E-state index contributed by atoms with van der Waals surface area (Å²) < 4.78 is 14.6. The fourth-order valence-corrected chi connectivity index (χ4v) is 3.04. The molecule has 0 saturated carbocycles. The molecule has 7 nitrogen and oxygen atoms in total. The Morgan fingerprint density at radius 3 is 2.70 bits per heavy atom. The first-order chi connectivity index (χ1) is 13.0. The maximum absolute atomic E-state index is 13.4. The van der Waals surface area contributed by atoms with Gasteiger partial charge >= 0.3 is 0 Å². The van der Waals surface area contributed by atoms with Gasteiger partial charge in [0.2, 0.25) is 11.1 Å². The van der Waals surface area contributed by atoms with Crippen LogP contribution in [0.25, 0.3) is 11.4 Å². The topological polar surface area (TPSA) is 110 Å². The number of rotatable bonds is 5. The van der Waals surface area contributed by atoms with Crippen molar-refractivity contribution >= 4 is 23.4 Å². The quantitative estimate of drug-likeness (QED) is 0.519. The Balaban J connectivity index is 1.69. The standard InChI is InChI=1S/C18H15FN6OS/c1-11(17(26)22-15-7-5-12(10-20)6-8-15)27-18-24-23-16(25(18)21)13-3-2-4-14(19)9-13/h2-9,11H,21H2,1H3,(H,22,26)/t11-/m0/s1. The van der Waals surface area contributed by atoms with E-state index in [0.717, 1.165) is 11.8 Å². The summed E-state index contributed by atoms with van der Waals surface area (Å²) in [6.07, 6.45) is 0. The van der Waals surface area contributed by atoms with Crippen LogP contribution in [0.3, 0.4) is 0 Å². The van der Waals surface area contributed by atoms with Gasteiger partial charge in [-0.05, 0) is 43.3 Å². The van der Waals surface area contributed by atoms with Crippen molar-refractivity contribution in [2.24, 2.45) is 0 Å². The van der Waals surface area contributed by atoms with E-state index in [9.17, 15) is 9.18 Å². The predicted octanol–water partition coefficient (Wildman–Crippen LogP) is 2.79. The fraction of sp³-hybridized carbons (Fsp3) is 0.111. The van der Waals surface area contributed by atoms with E-state index in [0.29, 0.717) is 27.8 Å². The van der Waals surface area contributed by atoms with Gasteiger partial charge in [-0.1, -0.05) is 23.9 Å². The molecule has 136 valence electrons. The molecule has 0 radical (unpaired) electrons. The normalized spacial score (nSPS) is 11.6. The molecule has 2 aromatic carbocycles. The Morgan fingerprint density at radius 1 is 1.30 bits per heavy atom. The number of nitrogens with one attached hydrogen (secondary N) is 1. The lowest BCUT2D eigenvalue weighted by Crippen LogP contribution is -2.23. The molecule has 0 bridgehead atoms. The van der Waals surface area contributed by atoms with Crippen molar-refractivity contribution in [3.05, 3.63) is 59.9 Å². The Kier molecular flexibility index (Phi) is 5.38. The first-order valence-electron chi connectivity index (χ1n) is 7.92. The van der Waals surface area contributed by atoms with Gasteiger partial charge in [0.05, 0.1) is 16.9 Å². The highest BCUT2D eigenvalue weighted by Crippen LogP contribution is 2.25. The molecule has 1 amide bonds. The molecule has 1 heterocycles. The molecule has 1 aromatic heterocycles. The molecule has 0 aliphatic heterocycles. The van der Waals surface area contributed by atoms with E-state index in [1.54, 1.807) is 43.3 Å². The lowest BCUT2D eigenvalue weighted by molar-refractivity contribution is -0.115. The van der Waals surface area contributed by atoms with Crippen molar-refractivity contribution in [1.29, 1.82) is 5.26 Å². The van der Waals surface area contributed by atoms with Crippen molar-refractivity contribution in [3.63, 3.8) is 0 Å². The lowest BCUT2D eigenvalue weighted by Gasteiger charge is -2.11. The second kappa shape index (κ2) is 7.88. The molecule has 0 aliphatic rings. The minimum Gasteiger partial charge on any atom is -0.335 e. The zero-order valence-electron chi connectivity index (χ0n) is 14.3. The number of carbonyl (C=O) groups excluding carboxylic acids is 1. The van der Waals surface area contributed by atoms with Crippen LogP contribution in [0.1, 0.15) is 12.5 Å². The van der Waals surface area contributed by atoms with Crippen LogP contribution < -0.4 is 11.2 Å². The molecule has 0 spiro atoms. The van der Waals surface area contributed by atoms with Gasteiger partial charge in [-0.15, -0.1) is 10.2 Å². The molecule has 0 aliphatic carbocycles. The number of benzene rings is 2. The summed E-state index contributed by atoms with van der Waals surface area (Å²) in [5, 5.41) is 19.4. The number of halogens is 1. The van der Waals surface area contributed by atoms with E-state index >= 15 is 0 Å². The summed E-state index contributed by atoms with van der Waals surface area (Å²) >= 11 is 1.13. The van der Waals surface area contributed by atoms with Crippen molar-refractivity contribution in [2.75, 3.05) is 11.2 Å². The molecule has 0 saturated heterocycles. The molecule has 1 atom stereocenters. The third-order valence-corrected chi connectivity index (χ3v) is 4.74. The molecule has 3 rings (SSSR count). The summed E-state index contributed by atoms with van der Waals surface area (Å²) in [5.41, 5.74) is 1.59. The molecular formula is C18H15FN6OS. The van der Waals surface area contributed by atoms with Gasteiger partial charge in [-0.3, -0.25) is 4.79 Å². The number of aromatic nitrogens is 3. The SMILES string of the molecule is C[C@H](Sc1nnc(-c2cccc(F)c2)n1N)C(=O)Nc1ccc(C#N)cc1. The van der Waals surface area contributed by atoms with Crippen LogP contribution in [0.15, 0.2) is 53.7 Å². The van der Waals surface area contributed by atoms with Gasteiger partial charge in [0, 0.05) is 11.3 Å². The first kappa shape index (κ1) is 18.4. The smallest absolute Gasteiger partial charge is 0.237 e. The van der Waals surface area contributed by atoms with Crippen LogP contribution in [-0.4, -0.2) is 26.0 Å². The molecule has 27 heavy (non-hydrogen) atoms.